The number of benzene rings is 2. The van der Waals surface area contributed by atoms with E-state index in [2.05, 4.69) is 22.6 Å². The molecule has 90 valence electrons. The molecule has 18 heavy (non-hydrogen) atoms. The molecule has 0 fully saturated rings. The Bertz CT molecular complexity index is 623. The largest absolute Gasteiger partial charge is 0.298 e. The molecule has 0 spiro atoms. The Hall–Kier alpha value is -1.56. The molecule has 0 amide bonds. The van der Waals surface area contributed by atoms with Crippen LogP contribution >= 0.6 is 22.6 Å². The lowest BCUT2D eigenvalue weighted by molar-refractivity contribution is 0.111. The Morgan fingerprint density at radius 3 is 2.39 bits per heavy atom. The summed E-state index contributed by atoms with van der Waals surface area (Å²) in [5.74, 6) is -0.414. The maximum Gasteiger partial charge on any atom is 0.150 e. The number of hydrogen-bond acceptors (Lipinski definition) is 2. The van der Waals surface area contributed by atoms with E-state index in [1.54, 1.807) is 18.2 Å². The van der Waals surface area contributed by atoms with Gasteiger partial charge < -0.3 is 0 Å². The van der Waals surface area contributed by atoms with Gasteiger partial charge in [0.05, 0.1) is 0 Å². The van der Waals surface area contributed by atoms with Gasteiger partial charge in [0.2, 0.25) is 0 Å². The first-order valence-electron chi connectivity index (χ1n) is 5.15. The van der Waals surface area contributed by atoms with Crippen molar-refractivity contribution < 1.29 is 14.0 Å². The Morgan fingerprint density at radius 2 is 1.72 bits per heavy atom. The van der Waals surface area contributed by atoms with Gasteiger partial charge in [-0.15, -0.1) is 0 Å². The summed E-state index contributed by atoms with van der Waals surface area (Å²) >= 11 is 2.09. The number of rotatable bonds is 3. The van der Waals surface area contributed by atoms with Gasteiger partial charge in [-0.2, -0.15) is 0 Å². The third-order valence-corrected chi connectivity index (χ3v) is 3.50. The highest BCUT2D eigenvalue weighted by Crippen LogP contribution is 2.29. The van der Waals surface area contributed by atoms with E-state index in [1.165, 1.54) is 18.2 Å². The van der Waals surface area contributed by atoms with E-state index >= 15 is 0 Å². The van der Waals surface area contributed by atoms with Crippen molar-refractivity contribution in [2.75, 3.05) is 0 Å². The van der Waals surface area contributed by atoms with Crippen molar-refractivity contribution in [1.82, 2.24) is 0 Å². The lowest BCUT2D eigenvalue weighted by Crippen LogP contribution is -1.93. The minimum atomic E-state index is -0.414. The molecule has 0 aliphatic heterocycles. The monoisotopic (exact) mass is 354 g/mol. The first-order chi connectivity index (χ1) is 8.65. The van der Waals surface area contributed by atoms with Crippen molar-refractivity contribution in [2.24, 2.45) is 0 Å². The SMILES string of the molecule is O=Cc1ccc(I)c(-c2cc(F)ccc2C=O)c1. The minimum absolute atomic E-state index is 0.400. The topological polar surface area (TPSA) is 34.1 Å². The Kier molecular flexibility index (Phi) is 3.86. The summed E-state index contributed by atoms with van der Waals surface area (Å²) in [6.45, 7) is 0. The minimum Gasteiger partial charge on any atom is -0.298 e. The Labute approximate surface area is 117 Å². The molecule has 4 heteroatoms. The van der Waals surface area contributed by atoms with E-state index in [0.717, 1.165) is 9.86 Å². The molecule has 2 rings (SSSR count). The summed E-state index contributed by atoms with van der Waals surface area (Å²) in [7, 11) is 0. The fraction of sp³-hybridized carbons (Fsp3) is 0. The van der Waals surface area contributed by atoms with Crippen LogP contribution in [-0.2, 0) is 0 Å². The molecule has 0 radical (unpaired) electrons. The number of aldehydes is 2. The zero-order valence-corrected chi connectivity index (χ0v) is 11.3. The summed E-state index contributed by atoms with van der Waals surface area (Å²) in [4.78, 5) is 21.8. The molecular weight excluding hydrogens is 346 g/mol. The van der Waals surface area contributed by atoms with Crippen molar-refractivity contribution in [3.63, 3.8) is 0 Å². The summed E-state index contributed by atoms with van der Waals surface area (Å²) in [6.07, 6.45) is 1.40. The quantitative estimate of drug-likeness (QED) is 0.622. The molecule has 0 saturated heterocycles. The second-order valence-electron chi connectivity index (χ2n) is 3.71. The second kappa shape index (κ2) is 5.39. The van der Waals surface area contributed by atoms with Crippen molar-refractivity contribution in [1.29, 1.82) is 0 Å². The van der Waals surface area contributed by atoms with Gasteiger partial charge >= 0.3 is 0 Å². The van der Waals surface area contributed by atoms with Crippen LogP contribution in [0, 0.1) is 9.39 Å². The highest BCUT2D eigenvalue weighted by molar-refractivity contribution is 14.1. The normalized spacial score (nSPS) is 10.1. The third kappa shape index (κ3) is 2.48. The van der Waals surface area contributed by atoms with Crippen molar-refractivity contribution in [3.05, 3.63) is 56.9 Å². The molecule has 2 nitrogen and oxygen atoms in total. The third-order valence-electron chi connectivity index (χ3n) is 2.56. The van der Waals surface area contributed by atoms with E-state index in [9.17, 15) is 14.0 Å². The zero-order valence-electron chi connectivity index (χ0n) is 9.19. The van der Waals surface area contributed by atoms with Gasteiger partial charge in [0.1, 0.15) is 12.1 Å². The predicted octanol–water partition coefficient (Wildman–Crippen LogP) is 3.72. The smallest absolute Gasteiger partial charge is 0.150 e. The van der Waals surface area contributed by atoms with Gasteiger partial charge in [0, 0.05) is 14.7 Å². The van der Waals surface area contributed by atoms with Gasteiger partial charge in [-0.3, -0.25) is 9.59 Å². The van der Waals surface area contributed by atoms with Crippen LogP contribution < -0.4 is 0 Å². The van der Waals surface area contributed by atoms with Crippen molar-refractivity contribution in [3.8, 4) is 11.1 Å². The molecule has 0 saturated carbocycles. The molecule has 0 aliphatic carbocycles. The fourth-order valence-corrected chi connectivity index (χ4v) is 2.31. The highest BCUT2D eigenvalue weighted by atomic mass is 127. The maximum atomic E-state index is 13.3. The van der Waals surface area contributed by atoms with Gasteiger partial charge in [-0.05, 0) is 64.0 Å². The molecule has 0 heterocycles. The van der Waals surface area contributed by atoms with E-state index in [0.29, 0.717) is 28.5 Å². The number of halogens is 2. The van der Waals surface area contributed by atoms with Crippen LogP contribution in [0.1, 0.15) is 20.7 Å². The first-order valence-corrected chi connectivity index (χ1v) is 6.23. The van der Waals surface area contributed by atoms with Gasteiger partial charge in [-0.1, -0.05) is 6.07 Å². The highest BCUT2D eigenvalue weighted by Gasteiger charge is 2.10. The van der Waals surface area contributed by atoms with Crippen LogP contribution in [0.5, 0.6) is 0 Å². The van der Waals surface area contributed by atoms with Gasteiger partial charge in [-0.25, -0.2) is 4.39 Å². The van der Waals surface area contributed by atoms with Crippen LogP contribution in [0.3, 0.4) is 0 Å². The molecule has 0 N–H and O–H groups in total. The molecule has 0 atom stereocenters. The Balaban J connectivity index is 2.70. The molecule has 2 aromatic carbocycles. The fourth-order valence-electron chi connectivity index (χ4n) is 1.69. The van der Waals surface area contributed by atoms with E-state index in [1.807, 2.05) is 0 Å². The van der Waals surface area contributed by atoms with E-state index in [4.69, 9.17) is 0 Å². The number of hydrogen-bond donors (Lipinski definition) is 0. The number of carbonyl (C=O) groups excluding carboxylic acids is 2. The lowest BCUT2D eigenvalue weighted by Gasteiger charge is -2.08. The van der Waals surface area contributed by atoms with E-state index < -0.39 is 5.82 Å². The summed E-state index contributed by atoms with van der Waals surface area (Å²) in [5.41, 5.74) is 2.07. The van der Waals surface area contributed by atoms with Crippen molar-refractivity contribution >= 4 is 35.2 Å². The standard InChI is InChI=1S/C14H8FIO2/c15-11-3-2-10(8-18)12(6-11)13-5-9(7-17)1-4-14(13)16/h1-8H. The molecule has 0 bridgehead atoms. The molecule has 0 aromatic heterocycles. The molecule has 2 aromatic rings. The molecule has 0 aliphatic rings. The van der Waals surface area contributed by atoms with E-state index in [-0.39, 0.29) is 0 Å². The predicted molar refractivity (Wildman–Crippen MR) is 75.3 cm³/mol. The summed E-state index contributed by atoms with van der Waals surface area (Å²) in [5, 5.41) is 0. The molecule has 0 unspecified atom stereocenters. The van der Waals surface area contributed by atoms with Crippen LogP contribution in [0.2, 0.25) is 0 Å². The molecular formula is C14H8FIO2. The van der Waals surface area contributed by atoms with Crippen LogP contribution in [0.15, 0.2) is 36.4 Å². The van der Waals surface area contributed by atoms with Crippen LogP contribution in [0.25, 0.3) is 11.1 Å². The lowest BCUT2D eigenvalue weighted by atomic mass is 9.99. The van der Waals surface area contributed by atoms with Crippen molar-refractivity contribution in [2.45, 2.75) is 0 Å². The van der Waals surface area contributed by atoms with Crippen LogP contribution in [-0.4, -0.2) is 12.6 Å². The van der Waals surface area contributed by atoms with Crippen LogP contribution in [0.4, 0.5) is 4.39 Å². The second-order valence-corrected chi connectivity index (χ2v) is 4.87. The Morgan fingerprint density at radius 1 is 0.944 bits per heavy atom. The summed E-state index contributed by atoms with van der Waals surface area (Å²) in [6, 6.07) is 9.06. The average molecular weight is 354 g/mol. The van der Waals surface area contributed by atoms with Gasteiger partial charge in [0.15, 0.2) is 6.29 Å². The van der Waals surface area contributed by atoms with Gasteiger partial charge in [0.25, 0.3) is 0 Å². The summed E-state index contributed by atoms with van der Waals surface area (Å²) < 4.78 is 14.1. The average Bonchev–Trinajstić information content (AvgIpc) is 2.39. The zero-order chi connectivity index (χ0) is 13.1. The first kappa shape index (κ1) is 12.9. The number of carbonyl (C=O) groups is 2. The maximum absolute atomic E-state index is 13.3.